The van der Waals surface area contributed by atoms with Gasteiger partial charge in [0.2, 0.25) is 0 Å². The molecule has 2 aromatic carbocycles. The molecule has 0 fully saturated rings. The molecule has 1 N–H and O–H groups in total. The molecule has 26 heavy (non-hydrogen) atoms. The summed E-state index contributed by atoms with van der Waals surface area (Å²) in [4.78, 5) is 18.6. The number of amides is 1. The molecule has 1 amide bonds. The molecule has 1 heterocycles. The lowest BCUT2D eigenvalue weighted by molar-refractivity contribution is 0.0779. The van der Waals surface area contributed by atoms with Crippen LogP contribution in [0, 0.1) is 0 Å². The summed E-state index contributed by atoms with van der Waals surface area (Å²) in [5.41, 5.74) is 1.49. The normalized spacial score (nSPS) is 10.8. The average molecular weight is 391 g/mol. The second-order valence-electron chi connectivity index (χ2n) is 5.80. The highest BCUT2D eigenvalue weighted by Gasteiger charge is 2.17. The fourth-order valence-electron chi connectivity index (χ4n) is 2.62. The quantitative estimate of drug-likeness (QED) is 0.710. The standard InChI is InChI=1S/C19H16Cl2N2O3/c1-23(10-11-4-3-5-13(8-11)26-2)19(25)15-7-6-12-9-14(20)18(24)16(21)17(12)22-15/h3-9,24H,10H2,1-2H3. The van der Waals surface area contributed by atoms with Gasteiger partial charge in [0.25, 0.3) is 5.91 Å². The third kappa shape index (κ3) is 3.54. The van der Waals surface area contributed by atoms with E-state index >= 15 is 0 Å². The minimum atomic E-state index is -0.264. The van der Waals surface area contributed by atoms with Gasteiger partial charge in [-0.15, -0.1) is 0 Å². The third-order valence-electron chi connectivity index (χ3n) is 3.97. The fourth-order valence-corrected chi connectivity index (χ4v) is 3.13. The number of phenols is 1. The van der Waals surface area contributed by atoms with Crippen LogP contribution in [0.5, 0.6) is 11.5 Å². The molecular weight excluding hydrogens is 375 g/mol. The number of rotatable bonds is 4. The van der Waals surface area contributed by atoms with Crippen LogP contribution in [-0.4, -0.2) is 35.1 Å². The van der Waals surface area contributed by atoms with Gasteiger partial charge >= 0.3 is 0 Å². The van der Waals surface area contributed by atoms with E-state index in [2.05, 4.69) is 4.98 Å². The number of halogens is 2. The maximum atomic E-state index is 12.7. The van der Waals surface area contributed by atoms with Gasteiger partial charge in [-0.25, -0.2) is 4.98 Å². The van der Waals surface area contributed by atoms with Crippen LogP contribution in [0.3, 0.4) is 0 Å². The molecule has 3 aromatic rings. The van der Waals surface area contributed by atoms with Crippen LogP contribution in [0.25, 0.3) is 10.9 Å². The van der Waals surface area contributed by atoms with Gasteiger partial charge in [-0.05, 0) is 29.8 Å². The number of fused-ring (bicyclic) bond motifs is 1. The summed E-state index contributed by atoms with van der Waals surface area (Å²) in [5, 5.41) is 10.7. The van der Waals surface area contributed by atoms with E-state index in [1.807, 2.05) is 24.3 Å². The van der Waals surface area contributed by atoms with Crippen molar-refractivity contribution in [3.05, 3.63) is 63.8 Å². The molecule has 0 unspecified atom stereocenters. The second-order valence-corrected chi connectivity index (χ2v) is 6.59. The lowest BCUT2D eigenvalue weighted by Crippen LogP contribution is -2.27. The van der Waals surface area contributed by atoms with Crippen molar-refractivity contribution in [1.82, 2.24) is 9.88 Å². The summed E-state index contributed by atoms with van der Waals surface area (Å²) in [6.45, 7) is 0.398. The zero-order chi connectivity index (χ0) is 18.8. The van der Waals surface area contributed by atoms with E-state index in [9.17, 15) is 9.90 Å². The molecule has 0 saturated carbocycles. The number of benzene rings is 2. The van der Waals surface area contributed by atoms with Crippen molar-refractivity contribution >= 4 is 40.0 Å². The molecule has 0 aliphatic heterocycles. The van der Waals surface area contributed by atoms with Crippen molar-refractivity contribution in [3.8, 4) is 11.5 Å². The van der Waals surface area contributed by atoms with Gasteiger partial charge in [0.1, 0.15) is 16.5 Å². The Labute approximate surface area is 160 Å². The van der Waals surface area contributed by atoms with E-state index in [-0.39, 0.29) is 27.4 Å². The van der Waals surface area contributed by atoms with Gasteiger partial charge in [0.05, 0.1) is 17.6 Å². The van der Waals surface area contributed by atoms with Gasteiger partial charge in [-0.3, -0.25) is 4.79 Å². The van der Waals surface area contributed by atoms with Crippen molar-refractivity contribution in [2.75, 3.05) is 14.2 Å². The zero-order valence-electron chi connectivity index (χ0n) is 14.2. The first-order chi connectivity index (χ1) is 12.4. The molecule has 3 rings (SSSR count). The maximum Gasteiger partial charge on any atom is 0.272 e. The number of hydrogen-bond acceptors (Lipinski definition) is 4. The van der Waals surface area contributed by atoms with Gasteiger partial charge < -0.3 is 14.7 Å². The van der Waals surface area contributed by atoms with Crippen LogP contribution < -0.4 is 4.74 Å². The monoisotopic (exact) mass is 390 g/mol. The predicted octanol–water partition coefficient (Wildman–Crippen LogP) is 4.53. The number of hydrogen-bond donors (Lipinski definition) is 1. The smallest absolute Gasteiger partial charge is 0.272 e. The molecule has 1 aromatic heterocycles. The second kappa shape index (κ2) is 7.40. The lowest BCUT2D eigenvalue weighted by Gasteiger charge is -2.17. The molecule has 0 bridgehead atoms. The number of pyridine rings is 1. The van der Waals surface area contributed by atoms with Crippen molar-refractivity contribution < 1.29 is 14.6 Å². The first-order valence-corrected chi connectivity index (χ1v) is 8.52. The summed E-state index contributed by atoms with van der Waals surface area (Å²) in [7, 11) is 3.28. The Morgan fingerprint density at radius 1 is 1.23 bits per heavy atom. The lowest BCUT2D eigenvalue weighted by atomic mass is 10.1. The van der Waals surface area contributed by atoms with E-state index in [1.165, 1.54) is 0 Å². The van der Waals surface area contributed by atoms with Gasteiger partial charge in [-0.2, -0.15) is 0 Å². The first-order valence-electron chi connectivity index (χ1n) is 7.77. The molecule has 5 nitrogen and oxygen atoms in total. The fraction of sp³-hybridized carbons (Fsp3) is 0.158. The van der Waals surface area contributed by atoms with E-state index in [4.69, 9.17) is 27.9 Å². The van der Waals surface area contributed by atoms with Crippen molar-refractivity contribution in [1.29, 1.82) is 0 Å². The Hall–Kier alpha value is -2.50. The van der Waals surface area contributed by atoms with E-state index in [0.717, 1.165) is 11.3 Å². The number of nitrogens with zero attached hydrogens (tertiary/aromatic N) is 2. The predicted molar refractivity (Wildman–Crippen MR) is 102 cm³/mol. The van der Waals surface area contributed by atoms with Gasteiger partial charge in [-0.1, -0.05) is 41.4 Å². The Balaban J connectivity index is 1.89. The molecule has 0 radical (unpaired) electrons. The molecule has 134 valence electrons. The van der Waals surface area contributed by atoms with Gasteiger partial charge in [0.15, 0.2) is 5.75 Å². The topological polar surface area (TPSA) is 62.7 Å². The van der Waals surface area contributed by atoms with Crippen LogP contribution in [0.2, 0.25) is 10.0 Å². The molecular formula is C19H16Cl2N2O3. The summed E-state index contributed by atoms with van der Waals surface area (Å²) >= 11 is 12.0. The number of phenolic OH excluding ortho intramolecular Hbond substituents is 1. The Morgan fingerprint density at radius 2 is 2.00 bits per heavy atom. The molecule has 7 heteroatoms. The highest BCUT2D eigenvalue weighted by atomic mass is 35.5. The summed E-state index contributed by atoms with van der Waals surface area (Å²) < 4.78 is 5.20. The van der Waals surface area contributed by atoms with Crippen molar-refractivity contribution in [2.24, 2.45) is 0 Å². The minimum absolute atomic E-state index is 0.0256. The Morgan fingerprint density at radius 3 is 2.73 bits per heavy atom. The number of carbonyl (C=O) groups excluding carboxylic acids is 1. The van der Waals surface area contributed by atoms with Crippen molar-refractivity contribution in [2.45, 2.75) is 6.54 Å². The third-order valence-corrected chi connectivity index (χ3v) is 4.62. The summed E-state index contributed by atoms with van der Waals surface area (Å²) in [6, 6.07) is 12.4. The van der Waals surface area contributed by atoms with Crippen LogP contribution >= 0.6 is 23.2 Å². The zero-order valence-corrected chi connectivity index (χ0v) is 15.7. The Bertz CT molecular complexity index is 992. The molecule has 0 aliphatic rings. The number of aromatic nitrogens is 1. The first kappa shape index (κ1) is 18.3. The van der Waals surface area contributed by atoms with E-state index in [0.29, 0.717) is 17.4 Å². The van der Waals surface area contributed by atoms with Crippen molar-refractivity contribution in [3.63, 3.8) is 0 Å². The van der Waals surface area contributed by atoms with E-state index < -0.39 is 0 Å². The molecule has 0 saturated heterocycles. The number of carbonyl (C=O) groups is 1. The summed E-state index contributed by atoms with van der Waals surface area (Å²) in [5.74, 6) is 0.217. The minimum Gasteiger partial charge on any atom is -0.505 e. The highest BCUT2D eigenvalue weighted by Crippen LogP contribution is 2.37. The van der Waals surface area contributed by atoms with Gasteiger partial charge in [0, 0.05) is 19.0 Å². The molecule has 0 spiro atoms. The number of methoxy groups -OCH3 is 1. The SMILES string of the molecule is COc1cccc(CN(C)C(=O)c2ccc3cc(Cl)c(O)c(Cl)c3n2)c1. The summed E-state index contributed by atoms with van der Waals surface area (Å²) in [6.07, 6.45) is 0. The Kier molecular flexibility index (Phi) is 5.20. The molecule has 0 aliphatic carbocycles. The average Bonchev–Trinajstić information content (AvgIpc) is 2.65. The molecule has 0 atom stereocenters. The largest absolute Gasteiger partial charge is 0.505 e. The maximum absolute atomic E-state index is 12.7. The van der Waals surface area contributed by atoms with Crippen LogP contribution in [0.4, 0.5) is 0 Å². The van der Waals surface area contributed by atoms with E-state index in [1.54, 1.807) is 37.3 Å². The van der Waals surface area contributed by atoms with Crippen LogP contribution in [-0.2, 0) is 6.54 Å². The highest BCUT2D eigenvalue weighted by molar-refractivity contribution is 6.40. The van der Waals surface area contributed by atoms with Crippen LogP contribution in [0.1, 0.15) is 16.1 Å². The number of aromatic hydroxyl groups is 1. The van der Waals surface area contributed by atoms with Crippen LogP contribution in [0.15, 0.2) is 42.5 Å². The number of ether oxygens (including phenoxy) is 1.